The van der Waals surface area contributed by atoms with Crippen LogP contribution in [0.2, 0.25) is 0 Å². The summed E-state index contributed by atoms with van der Waals surface area (Å²) in [7, 11) is 0. The molecule has 0 atom stereocenters. The number of hydrogen-bond donors (Lipinski definition) is 0. The van der Waals surface area contributed by atoms with Gasteiger partial charge in [0.25, 0.3) is 0 Å². The second kappa shape index (κ2) is 10.7. The molecular formula is C20H32. The maximum absolute atomic E-state index is 4.31. The first kappa shape index (κ1) is 17.0. The van der Waals surface area contributed by atoms with Crippen molar-refractivity contribution in [2.24, 2.45) is 5.92 Å². The van der Waals surface area contributed by atoms with Gasteiger partial charge in [0.05, 0.1) is 0 Å². The summed E-state index contributed by atoms with van der Waals surface area (Å²) in [5.41, 5.74) is 2.98. The molecule has 0 heterocycles. The van der Waals surface area contributed by atoms with E-state index in [1.54, 1.807) is 0 Å². The lowest BCUT2D eigenvalue weighted by atomic mass is 9.82. The van der Waals surface area contributed by atoms with Crippen LogP contribution in [0.1, 0.15) is 70.8 Å². The van der Waals surface area contributed by atoms with Crippen LogP contribution >= 0.6 is 0 Å². The zero-order chi connectivity index (χ0) is 14.6. The van der Waals surface area contributed by atoms with Crippen molar-refractivity contribution in [2.45, 2.75) is 71.6 Å². The largest absolute Gasteiger partial charge is 0.0996 e. The Labute approximate surface area is 126 Å². The van der Waals surface area contributed by atoms with Crippen LogP contribution in [0.15, 0.2) is 42.5 Å². The summed E-state index contributed by atoms with van der Waals surface area (Å²) in [6, 6.07) is 10.8. The molecule has 1 fully saturated rings. The second-order valence-corrected chi connectivity index (χ2v) is 6.04. The highest BCUT2D eigenvalue weighted by atomic mass is 14.2. The maximum atomic E-state index is 4.31. The first-order chi connectivity index (χ1) is 9.77. The first-order valence-corrected chi connectivity index (χ1v) is 8.49. The highest BCUT2D eigenvalue weighted by molar-refractivity contribution is 5.15. The Morgan fingerprint density at radius 1 is 1.05 bits per heavy atom. The van der Waals surface area contributed by atoms with E-state index in [4.69, 9.17) is 0 Å². The van der Waals surface area contributed by atoms with Gasteiger partial charge in [-0.05, 0) is 43.6 Å². The second-order valence-electron chi connectivity index (χ2n) is 6.04. The predicted molar refractivity (Wildman–Crippen MR) is 91.1 cm³/mol. The van der Waals surface area contributed by atoms with Crippen molar-refractivity contribution >= 4 is 0 Å². The highest BCUT2D eigenvalue weighted by Gasteiger charge is 2.15. The maximum Gasteiger partial charge on any atom is -0.0206 e. The van der Waals surface area contributed by atoms with Gasteiger partial charge in [0.15, 0.2) is 0 Å². The van der Waals surface area contributed by atoms with E-state index in [1.165, 1.54) is 68.9 Å². The van der Waals surface area contributed by atoms with Crippen molar-refractivity contribution in [2.75, 3.05) is 0 Å². The van der Waals surface area contributed by atoms with E-state index in [0.717, 1.165) is 5.92 Å². The van der Waals surface area contributed by atoms with E-state index >= 15 is 0 Å². The van der Waals surface area contributed by atoms with Crippen molar-refractivity contribution in [3.8, 4) is 0 Å². The van der Waals surface area contributed by atoms with Gasteiger partial charge in [-0.3, -0.25) is 0 Å². The van der Waals surface area contributed by atoms with Crippen LogP contribution in [-0.2, 0) is 6.42 Å². The third kappa shape index (κ3) is 6.93. The fraction of sp³-hybridized carbons (Fsp3) is 0.600. The van der Waals surface area contributed by atoms with Crippen LogP contribution in [0, 0.1) is 5.92 Å². The molecule has 0 spiro atoms. The lowest BCUT2D eigenvalue weighted by Gasteiger charge is -2.23. The number of hydrogen-bond acceptors (Lipinski definition) is 0. The van der Waals surface area contributed by atoms with Gasteiger partial charge in [0.1, 0.15) is 0 Å². The van der Waals surface area contributed by atoms with Crippen LogP contribution < -0.4 is 0 Å². The summed E-state index contributed by atoms with van der Waals surface area (Å²) in [5, 5.41) is 0. The Balaban J connectivity index is 0.000000612. The minimum absolute atomic E-state index is 0.833. The summed E-state index contributed by atoms with van der Waals surface area (Å²) in [6.07, 6.45) is 12.0. The van der Waals surface area contributed by atoms with Gasteiger partial charge in [-0.2, -0.15) is 0 Å². The van der Waals surface area contributed by atoms with Crippen molar-refractivity contribution in [3.05, 3.63) is 48.0 Å². The van der Waals surface area contributed by atoms with Crippen LogP contribution in [0.4, 0.5) is 0 Å². The molecule has 2 rings (SSSR count). The summed E-state index contributed by atoms with van der Waals surface area (Å²) in [5.74, 6) is 0.833. The molecule has 0 bridgehead atoms. The fourth-order valence-electron chi connectivity index (χ4n) is 2.88. The van der Waals surface area contributed by atoms with Crippen molar-refractivity contribution in [1.29, 1.82) is 0 Å². The quantitative estimate of drug-likeness (QED) is 0.532. The predicted octanol–water partition coefficient (Wildman–Crippen LogP) is 6.56. The molecule has 0 N–H and O–H groups in total. The SMILES string of the molecule is C=C(CCCc1ccccc1)C1CCCCC1.CCC. The van der Waals surface area contributed by atoms with Crippen molar-refractivity contribution in [3.63, 3.8) is 0 Å². The number of benzene rings is 1. The molecule has 1 aliphatic rings. The van der Waals surface area contributed by atoms with E-state index in [2.05, 4.69) is 50.8 Å². The van der Waals surface area contributed by atoms with Gasteiger partial charge in [-0.15, -0.1) is 0 Å². The van der Waals surface area contributed by atoms with Crippen molar-refractivity contribution in [1.82, 2.24) is 0 Å². The molecule has 0 radical (unpaired) electrons. The van der Waals surface area contributed by atoms with E-state index in [0.29, 0.717) is 0 Å². The van der Waals surface area contributed by atoms with E-state index < -0.39 is 0 Å². The van der Waals surface area contributed by atoms with E-state index in [9.17, 15) is 0 Å². The van der Waals surface area contributed by atoms with Crippen LogP contribution in [-0.4, -0.2) is 0 Å². The summed E-state index contributed by atoms with van der Waals surface area (Å²) >= 11 is 0. The molecular weight excluding hydrogens is 240 g/mol. The van der Waals surface area contributed by atoms with Crippen molar-refractivity contribution < 1.29 is 0 Å². The average molecular weight is 272 g/mol. The fourth-order valence-corrected chi connectivity index (χ4v) is 2.88. The highest BCUT2D eigenvalue weighted by Crippen LogP contribution is 2.31. The van der Waals surface area contributed by atoms with Crippen LogP contribution in [0.25, 0.3) is 0 Å². The standard InChI is InChI=1S/C17H24.C3H8/c1-15(17-13-6-3-7-14-17)9-8-12-16-10-4-2-5-11-16;1-3-2/h2,4-5,10-11,17H,1,3,6-9,12-14H2;3H2,1-2H3. The molecule has 20 heavy (non-hydrogen) atoms. The normalized spacial score (nSPS) is 15.3. The molecule has 0 saturated heterocycles. The molecule has 1 aliphatic carbocycles. The smallest absolute Gasteiger partial charge is 0.0206 e. The molecule has 0 amide bonds. The molecule has 1 saturated carbocycles. The Bertz CT molecular complexity index is 344. The molecule has 112 valence electrons. The molecule has 1 aromatic carbocycles. The van der Waals surface area contributed by atoms with Gasteiger partial charge < -0.3 is 0 Å². The minimum atomic E-state index is 0.833. The van der Waals surface area contributed by atoms with Gasteiger partial charge in [-0.1, -0.05) is 82.0 Å². The number of rotatable bonds is 5. The lowest BCUT2D eigenvalue weighted by Crippen LogP contribution is -2.08. The van der Waals surface area contributed by atoms with E-state index in [1.807, 2.05) is 0 Å². The Kier molecular flexibility index (Phi) is 9.11. The summed E-state index contributed by atoms with van der Waals surface area (Å²) < 4.78 is 0. The van der Waals surface area contributed by atoms with E-state index in [-0.39, 0.29) is 0 Å². The number of allylic oxidation sites excluding steroid dienone is 1. The van der Waals surface area contributed by atoms with Gasteiger partial charge in [-0.25, -0.2) is 0 Å². The van der Waals surface area contributed by atoms with Gasteiger partial charge in [0.2, 0.25) is 0 Å². The molecule has 0 unspecified atom stereocenters. The van der Waals surface area contributed by atoms with Gasteiger partial charge in [0, 0.05) is 0 Å². The summed E-state index contributed by atoms with van der Waals surface area (Å²) in [4.78, 5) is 0. The lowest BCUT2D eigenvalue weighted by molar-refractivity contribution is 0.394. The number of aryl methyl sites for hydroxylation is 1. The van der Waals surface area contributed by atoms with Crippen LogP contribution in [0.3, 0.4) is 0 Å². The first-order valence-electron chi connectivity index (χ1n) is 8.49. The zero-order valence-corrected chi connectivity index (χ0v) is 13.5. The zero-order valence-electron chi connectivity index (χ0n) is 13.5. The van der Waals surface area contributed by atoms with Crippen LogP contribution in [0.5, 0.6) is 0 Å². The topological polar surface area (TPSA) is 0 Å². The Morgan fingerprint density at radius 2 is 1.65 bits per heavy atom. The molecule has 0 aliphatic heterocycles. The molecule has 1 aromatic rings. The molecule has 0 nitrogen and oxygen atoms in total. The molecule has 0 heteroatoms. The monoisotopic (exact) mass is 272 g/mol. The Morgan fingerprint density at radius 3 is 2.25 bits per heavy atom. The minimum Gasteiger partial charge on any atom is -0.0996 e. The summed E-state index contributed by atoms with van der Waals surface area (Å²) in [6.45, 7) is 8.56. The third-order valence-electron chi connectivity index (χ3n) is 3.99. The molecule has 0 aromatic heterocycles. The third-order valence-corrected chi connectivity index (χ3v) is 3.99. The van der Waals surface area contributed by atoms with Gasteiger partial charge >= 0.3 is 0 Å². The average Bonchev–Trinajstić information content (AvgIpc) is 2.50. The Hall–Kier alpha value is -1.04.